The number of hydrogen-bond acceptors (Lipinski definition) is 5. The van der Waals surface area contributed by atoms with Gasteiger partial charge in [-0.3, -0.25) is 10.1 Å². The van der Waals surface area contributed by atoms with Crippen molar-refractivity contribution < 1.29 is 9.53 Å². The van der Waals surface area contributed by atoms with Crippen molar-refractivity contribution in [1.29, 1.82) is 0 Å². The number of ether oxygens (including phenoxy) is 1. The van der Waals surface area contributed by atoms with Crippen LogP contribution in [-0.2, 0) is 14.9 Å². The second-order valence-electron chi connectivity index (χ2n) is 5.83. The van der Waals surface area contributed by atoms with Gasteiger partial charge < -0.3 is 10.5 Å². The summed E-state index contributed by atoms with van der Waals surface area (Å²) in [4.78, 5) is 17.4. The van der Waals surface area contributed by atoms with Crippen LogP contribution < -0.4 is 11.1 Å². The quantitative estimate of drug-likeness (QED) is 0.888. The lowest BCUT2D eigenvalue weighted by Crippen LogP contribution is -2.29. The Kier molecular flexibility index (Phi) is 4.23. The molecule has 0 aromatic carbocycles. The van der Waals surface area contributed by atoms with Gasteiger partial charge in [-0.1, -0.05) is 20.8 Å². The Morgan fingerprint density at radius 2 is 2.32 bits per heavy atom. The molecule has 0 radical (unpaired) electrons. The fraction of sp³-hybridized carbons (Fsp3) is 0.692. The third-order valence-electron chi connectivity index (χ3n) is 3.14. The Morgan fingerprint density at radius 3 is 2.84 bits per heavy atom. The van der Waals surface area contributed by atoms with Gasteiger partial charge in [-0.25, -0.2) is 4.98 Å². The first-order chi connectivity index (χ1) is 8.90. The van der Waals surface area contributed by atoms with Crippen LogP contribution in [0, 0.1) is 0 Å². The zero-order valence-electron chi connectivity index (χ0n) is 11.6. The van der Waals surface area contributed by atoms with Crippen LogP contribution in [0.1, 0.15) is 38.5 Å². The summed E-state index contributed by atoms with van der Waals surface area (Å²) in [5.41, 5.74) is 5.58. The van der Waals surface area contributed by atoms with E-state index in [1.54, 1.807) is 0 Å². The van der Waals surface area contributed by atoms with E-state index in [9.17, 15) is 4.79 Å². The van der Waals surface area contributed by atoms with Crippen molar-refractivity contribution in [2.45, 2.75) is 51.2 Å². The lowest BCUT2D eigenvalue weighted by Gasteiger charge is -2.14. The van der Waals surface area contributed by atoms with E-state index in [4.69, 9.17) is 10.5 Å². The van der Waals surface area contributed by atoms with Crippen molar-refractivity contribution in [3.8, 4) is 0 Å². The highest BCUT2D eigenvalue weighted by Crippen LogP contribution is 2.30. The van der Waals surface area contributed by atoms with Crippen molar-refractivity contribution in [2.24, 2.45) is 5.73 Å². The Morgan fingerprint density at radius 1 is 1.58 bits per heavy atom. The van der Waals surface area contributed by atoms with Crippen molar-refractivity contribution in [1.82, 2.24) is 4.98 Å². The summed E-state index contributed by atoms with van der Waals surface area (Å²) in [6.07, 6.45) is 3.01. The summed E-state index contributed by atoms with van der Waals surface area (Å²) in [6.45, 7) is 6.84. The first-order valence-corrected chi connectivity index (χ1v) is 7.34. The van der Waals surface area contributed by atoms with Crippen LogP contribution in [0.5, 0.6) is 0 Å². The molecule has 5 nitrogen and oxygen atoms in total. The van der Waals surface area contributed by atoms with E-state index in [1.165, 1.54) is 11.3 Å². The van der Waals surface area contributed by atoms with Gasteiger partial charge in [0.05, 0.1) is 6.10 Å². The molecular formula is C13H21N3O2S. The molecule has 0 aliphatic carbocycles. The molecule has 1 aliphatic rings. The van der Waals surface area contributed by atoms with E-state index >= 15 is 0 Å². The Labute approximate surface area is 117 Å². The smallest absolute Gasteiger partial charge is 0.255 e. The van der Waals surface area contributed by atoms with Gasteiger partial charge in [0.25, 0.3) is 5.91 Å². The molecule has 2 rings (SSSR count). The van der Waals surface area contributed by atoms with Gasteiger partial charge in [-0.05, 0) is 18.3 Å². The van der Waals surface area contributed by atoms with Crippen molar-refractivity contribution in [3.05, 3.63) is 11.1 Å². The van der Waals surface area contributed by atoms with Gasteiger partial charge in [0.15, 0.2) is 5.13 Å². The molecule has 0 saturated carbocycles. The molecule has 1 aromatic rings. The molecule has 3 N–H and O–H groups in total. The number of carbonyl (C=O) groups excluding carboxylic acids is 1. The van der Waals surface area contributed by atoms with Gasteiger partial charge >= 0.3 is 0 Å². The molecule has 2 heterocycles. The third-order valence-corrected chi connectivity index (χ3v) is 4.48. The summed E-state index contributed by atoms with van der Waals surface area (Å²) in [5, 5.41) is 3.46. The number of thiazole rings is 1. The van der Waals surface area contributed by atoms with Crippen LogP contribution in [0.4, 0.5) is 5.13 Å². The van der Waals surface area contributed by atoms with Crippen LogP contribution in [0.15, 0.2) is 6.20 Å². The second kappa shape index (κ2) is 5.56. The maximum Gasteiger partial charge on any atom is 0.255 e. The molecule has 19 heavy (non-hydrogen) atoms. The highest BCUT2D eigenvalue weighted by Gasteiger charge is 2.30. The normalized spacial score (nSPS) is 23.6. The number of rotatable bonds is 3. The summed E-state index contributed by atoms with van der Waals surface area (Å²) >= 11 is 1.51. The van der Waals surface area contributed by atoms with Crippen molar-refractivity contribution >= 4 is 22.4 Å². The fourth-order valence-corrected chi connectivity index (χ4v) is 2.81. The zero-order valence-corrected chi connectivity index (χ0v) is 12.4. The van der Waals surface area contributed by atoms with Gasteiger partial charge in [-0.15, -0.1) is 11.3 Å². The Bertz CT molecular complexity index is 453. The molecule has 2 atom stereocenters. The molecule has 0 spiro atoms. The molecule has 1 aromatic heterocycles. The number of aromatic nitrogens is 1. The fourth-order valence-electron chi connectivity index (χ4n) is 1.94. The number of carbonyl (C=O) groups is 1. The largest absolute Gasteiger partial charge is 0.364 e. The average molecular weight is 283 g/mol. The standard InChI is InChI=1S/C13H21N3O2S/c1-13(2,3)10-7-15-12(19-10)16-11(17)9-5-4-8(6-14)18-9/h7-9H,4-6,14H2,1-3H3,(H,15,16,17)/t8-,9+/m1/s1. The van der Waals surface area contributed by atoms with Crippen LogP contribution in [0.25, 0.3) is 0 Å². The monoisotopic (exact) mass is 283 g/mol. The Balaban J connectivity index is 1.94. The number of amides is 1. The van der Waals surface area contributed by atoms with E-state index in [2.05, 4.69) is 31.1 Å². The minimum Gasteiger partial charge on any atom is -0.364 e. The van der Waals surface area contributed by atoms with Crippen LogP contribution >= 0.6 is 11.3 Å². The molecule has 1 fully saturated rings. The molecule has 0 unspecified atom stereocenters. The molecule has 1 saturated heterocycles. The number of anilines is 1. The van der Waals surface area contributed by atoms with Gasteiger partial charge in [0, 0.05) is 17.6 Å². The SMILES string of the molecule is CC(C)(C)c1cnc(NC(=O)[C@@H]2CC[C@H](CN)O2)s1. The number of hydrogen-bond donors (Lipinski definition) is 2. The van der Waals surface area contributed by atoms with E-state index in [-0.39, 0.29) is 17.4 Å². The molecule has 106 valence electrons. The van der Waals surface area contributed by atoms with Gasteiger partial charge in [-0.2, -0.15) is 0 Å². The van der Waals surface area contributed by atoms with Crippen LogP contribution in [-0.4, -0.2) is 29.6 Å². The third kappa shape index (κ3) is 3.52. The number of nitrogens with two attached hydrogens (primary N) is 1. The number of nitrogens with one attached hydrogen (secondary N) is 1. The van der Waals surface area contributed by atoms with Gasteiger partial charge in [0.1, 0.15) is 6.10 Å². The van der Waals surface area contributed by atoms with Crippen LogP contribution in [0.3, 0.4) is 0 Å². The summed E-state index contributed by atoms with van der Waals surface area (Å²) < 4.78 is 5.56. The van der Waals surface area contributed by atoms with E-state index in [1.807, 2.05) is 6.20 Å². The zero-order chi connectivity index (χ0) is 14.0. The first kappa shape index (κ1) is 14.4. The molecule has 1 amide bonds. The van der Waals surface area contributed by atoms with E-state index < -0.39 is 6.10 Å². The molecular weight excluding hydrogens is 262 g/mol. The molecule has 6 heteroatoms. The van der Waals surface area contributed by atoms with Crippen LogP contribution in [0.2, 0.25) is 0 Å². The highest BCUT2D eigenvalue weighted by atomic mass is 32.1. The second-order valence-corrected chi connectivity index (χ2v) is 6.86. The summed E-state index contributed by atoms with van der Waals surface area (Å²) in [5.74, 6) is -0.120. The topological polar surface area (TPSA) is 77.2 Å². The van der Waals surface area contributed by atoms with Crippen molar-refractivity contribution in [3.63, 3.8) is 0 Å². The minimum atomic E-state index is -0.393. The minimum absolute atomic E-state index is 0.0113. The highest BCUT2D eigenvalue weighted by molar-refractivity contribution is 7.15. The Hall–Kier alpha value is -0.980. The maximum atomic E-state index is 12.0. The lowest BCUT2D eigenvalue weighted by molar-refractivity contribution is -0.126. The van der Waals surface area contributed by atoms with Gasteiger partial charge in [0.2, 0.25) is 0 Å². The predicted molar refractivity (Wildman–Crippen MR) is 76.4 cm³/mol. The van der Waals surface area contributed by atoms with E-state index in [0.29, 0.717) is 11.7 Å². The van der Waals surface area contributed by atoms with E-state index in [0.717, 1.165) is 17.7 Å². The predicted octanol–water partition coefficient (Wildman–Crippen LogP) is 1.89. The summed E-state index contributed by atoms with van der Waals surface area (Å²) in [7, 11) is 0. The maximum absolute atomic E-state index is 12.0. The first-order valence-electron chi connectivity index (χ1n) is 6.53. The average Bonchev–Trinajstić information content (AvgIpc) is 2.95. The number of nitrogens with zero attached hydrogens (tertiary/aromatic N) is 1. The molecule has 0 bridgehead atoms. The summed E-state index contributed by atoms with van der Waals surface area (Å²) in [6, 6.07) is 0. The molecule has 1 aliphatic heterocycles. The van der Waals surface area contributed by atoms with Crippen molar-refractivity contribution in [2.75, 3.05) is 11.9 Å². The lowest BCUT2D eigenvalue weighted by atomic mass is 9.96.